The van der Waals surface area contributed by atoms with Crippen molar-refractivity contribution in [2.45, 2.75) is 19.1 Å². The van der Waals surface area contributed by atoms with Crippen LogP contribution in [0.3, 0.4) is 0 Å². The largest absolute Gasteiger partial charge is 0.445 e. The molecule has 1 saturated heterocycles. The van der Waals surface area contributed by atoms with E-state index in [0.717, 1.165) is 5.56 Å². The molecule has 0 radical (unpaired) electrons. The molecule has 2 rings (SSSR count). The summed E-state index contributed by atoms with van der Waals surface area (Å²) in [5.74, 6) is 0.0367. The smallest absolute Gasteiger partial charge is 0.410 e. The van der Waals surface area contributed by atoms with Crippen molar-refractivity contribution in [1.82, 2.24) is 4.90 Å². The molecule has 1 fully saturated rings. The molecule has 102 valence electrons. The normalized spacial score (nSPS) is 19.3. The summed E-state index contributed by atoms with van der Waals surface area (Å²) in [5.41, 5.74) is 0.937. The van der Waals surface area contributed by atoms with E-state index in [1.54, 1.807) is 0 Å². The van der Waals surface area contributed by atoms with Crippen LogP contribution in [-0.4, -0.2) is 43.1 Å². The number of carbonyl (C=O) groups excluding carboxylic acids is 2. The van der Waals surface area contributed by atoms with Crippen molar-refractivity contribution in [2.75, 3.05) is 20.2 Å². The van der Waals surface area contributed by atoms with Gasteiger partial charge in [-0.15, -0.1) is 0 Å². The molecule has 0 aromatic heterocycles. The molecule has 0 saturated carbocycles. The van der Waals surface area contributed by atoms with Crippen molar-refractivity contribution in [3.8, 4) is 0 Å². The average molecular weight is 263 g/mol. The van der Waals surface area contributed by atoms with Crippen LogP contribution in [0.5, 0.6) is 0 Å². The molecule has 1 aliphatic rings. The fourth-order valence-corrected chi connectivity index (χ4v) is 1.98. The minimum Gasteiger partial charge on any atom is -0.445 e. The number of amides is 1. The molecule has 1 aromatic rings. The number of piperidine rings is 1. The molecule has 19 heavy (non-hydrogen) atoms. The van der Waals surface area contributed by atoms with Gasteiger partial charge in [0.25, 0.3) is 0 Å². The number of likely N-dealkylation sites (tertiary alicyclic amines) is 1. The molecule has 0 aliphatic carbocycles. The van der Waals surface area contributed by atoms with Crippen LogP contribution in [0, 0.1) is 0 Å². The maximum atomic E-state index is 11.9. The summed E-state index contributed by atoms with van der Waals surface area (Å²) in [4.78, 5) is 24.9. The number of ether oxygens (including phenoxy) is 2. The molecule has 0 bridgehead atoms. The Morgan fingerprint density at radius 3 is 2.79 bits per heavy atom. The lowest BCUT2D eigenvalue weighted by molar-refractivity contribution is -0.132. The fourth-order valence-electron chi connectivity index (χ4n) is 1.98. The Morgan fingerprint density at radius 1 is 1.37 bits per heavy atom. The molecule has 1 atom stereocenters. The number of hydrogen-bond acceptors (Lipinski definition) is 4. The minimum atomic E-state index is -0.530. The zero-order chi connectivity index (χ0) is 13.7. The highest BCUT2D eigenvalue weighted by atomic mass is 16.6. The van der Waals surface area contributed by atoms with Crippen molar-refractivity contribution >= 4 is 11.9 Å². The molecule has 1 aromatic carbocycles. The molecule has 0 unspecified atom stereocenters. The van der Waals surface area contributed by atoms with Crippen LogP contribution in [0.15, 0.2) is 30.3 Å². The molecule has 0 N–H and O–H groups in total. The number of methoxy groups -OCH3 is 1. The Morgan fingerprint density at radius 2 is 2.11 bits per heavy atom. The van der Waals surface area contributed by atoms with Gasteiger partial charge in [0.05, 0.1) is 6.54 Å². The Bertz CT molecular complexity index is 446. The van der Waals surface area contributed by atoms with E-state index in [1.165, 1.54) is 12.0 Å². The van der Waals surface area contributed by atoms with Crippen molar-refractivity contribution < 1.29 is 19.1 Å². The number of Topliss-reactive ketones (excluding diaryl/α,β-unsaturated/α-hetero) is 1. The van der Waals surface area contributed by atoms with E-state index in [9.17, 15) is 9.59 Å². The minimum absolute atomic E-state index is 0.0367. The average Bonchev–Trinajstić information content (AvgIpc) is 2.46. The third-order valence-electron chi connectivity index (χ3n) is 3.12. The first-order chi connectivity index (χ1) is 9.20. The van der Waals surface area contributed by atoms with Gasteiger partial charge >= 0.3 is 6.09 Å². The van der Waals surface area contributed by atoms with Crippen molar-refractivity contribution in [2.24, 2.45) is 0 Å². The van der Waals surface area contributed by atoms with Gasteiger partial charge in [-0.25, -0.2) is 4.79 Å². The SMILES string of the molecule is CO[C@@H]1CN(C(=O)OCc2ccccc2)CCC1=O. The second-order valence-electron chi connectivity index (χ2n) is 4.43. The van der Waals surface area contributed by atoms with Crippen LogP contribution in [-0.2, 0) is 20.9 Å². The molecule has 1 aliphatic heterocycles. The monoisotopic (exact) mass is 263 g/mol. The fraction of sp³-hybridized carbons (Fsp3) is 0.429. The molecule has 1 amide bonds. The second kappa shape index (κ2) is 6.33. The Kier molecular flexibility index (Phi) is 4.52. The number of benzene rings is 1. The highest BCUT2D eigenvalue weighted by Gasteiger charge is 2.30. The van der Waals surface area contributed by atoms with Crippen molar-refractivity contribution in [3.05, 3.63) is 35.9 Å². The van der Waals surface area contributed by atoms with Gasteiger partial charge in [-0.2, -0.15) is 0 Å². The Labute approximate surface area is 112 Å². The number of nitrogens with zero attached hydrogens (tertiary/aromatic N) is 1. The van der Waals surface area contributed by atoms with Gasteiger partial charge in [-0.1, -0.05) is 30.3 Å². The summed E-state index contributed by atoms with van der Waals surface area (Å²) in [5, 5.41) is 0. The predicted molar refractivity (Wildman–Crippen MR) is 68.6 cm³/mol. The van der Waals surface area contributed by atoms with Crippen LogP contribution in [0.4, 0.5) is 4.79 Å². The highest BCUT2D eigenvalue weighted by Crippen LogP contribution is 2.11. The summed E-state index contributed by atoms with van der Waals surface area (Å²) in [6.07, 6.45) is -0.615. The Hall–Kier alpha value is -1.88. The lowest BCUT2D eigenvalue weighted by atomic mass is 10.1. The van der Waals surface area contributed by atoms with E-state index < -0.39 is 12.2 Å². The maximum Gasteiger partial charge on any atom is 0.410 e. The second-order valence-corrected chi connectivity index (χ2v) is 4.43. The van der Waals surface area contributed by atoms with E-state index in [1.807, 2.05) is 30.3 Å². The number of carbonyl (C=O) groups is 2. The molecule has 1 heterocycles. The summed E-state index contributed by atoms with van der Waals surface area (Å²) in [6.45, 7) is 0.900. The molecule has 5 heteroatoms. The third-order valence-corrected chi connectivity index (χ3v) is 3.12. The topological polar surface area (TPSA) is 55.8 Å². The lowest BCUT2D eigenvalue weighted by Crippen LogP contribution is -2.47. The van der Waals surface area contributed by atoms with Gasteiger partial charge in [0.2, 0.25) is 0 Å². The summed E-state index contributed by atoms with van der Waals surface area (Å²) < 4.78 is 10.3. The number of ketones is 1. The van der Waals surface area contributed by atoms with Gasteiger partial charge < -0.3 is 14.4 Å². The molecule has 5 nitrogen and oxygen atoms in total. The van der Waals surface area contributed by atoms with E-state index in [-0.39, 0.29) is 18.9 Å². The Balaban J connectivity index is 1.85. The highest BCUT2D eigenvalue weighted by molar-refractivity contribution is 5.85. The quantitative estimate of drug-likeness (QED) is 0.831. The van der Waals surface area contributed by atoms with E-state index in [4.69, 9.17) is 9.47 Å². The van der Waals surface area contributed by atoms with Crippen LogP contribution >= 0.6 is 0 Å². The van der Waals surface area contributed by atoms with Crippen molar-refractivity contribution in [1.29, 1.82) is 0 Å². The molecule has 0 spiro atoms. The summed E-state index contributed by atoms with van der Waals surface area (Å²) in [7, 11) is 1.47. The summed E-state index contributed by atoms with van der Waals surface area (Å²) >= 11 is 0. The third kappa shape index (κ3) is 3.54. The van der Waals surface area contributed by atoms with E-state index >= 15 is 0 Å². The van der Waals surface area contributed by atoms with Crippen LogP contribution in [0.1, 0.15) is 12.0 Å². The van der Waals surface area contributed by atoms with Crippen LogP contribution < -0.4 is 0 Å². The standard InChI is InChI=1S/C14H17NO4/c1-18-13-9-15(8-7-12(13)16)14(17)19-10-11-5-3-2-4-6-11/h2-6,13H,7-10H2,1H3/t13-/m1/s1. The van der Waals surface area contributed by atoms with Gasteiger partial charge in [-0.3, -0.25) is 4.79 Å². The van der Waals surface area contributed by atoms with Crippen LogP contribution in [0.2, 0.25) is 0 Å². The first kappa shape index (κ1) is 13.5. The van der Waals surface area contributed by atoms with Crippen LogP contribution in [0.25, 0.3) is 0 Å². The number of rotatable bonds is 3. The van der Waals surface area contributed by atoms with Gasteiger partial charge in [0, 0.05) is 20.1 Å². The first-order valence-electron chi connectivity index (χ1n) is 6.22. The van der Waals surface area contributed by atoms with Gasteiger partial charge in [0.1, 0.15) is 12.7 Å². The molecular weight excluding hydrogens is 246 g/mol. The zero-order valence-electron chi connectivity index (χ0n) is 10.9. The van der Waals surface area contributed by atoms with Gasteiger partial charge in [-0.05, 0) is 5.56 Å². The maximum absolute atomic E-state index is 11.9. The van der Waals surface area contributed by atoms with Gasteiger partial charge in [0.15, 0.2) is 5.78 Å². The first-order valence-corrected chi connectivity index (χ1v) is 6.22. The van der Waals surface area contributed by atoms with E-state index in [2.05, 4.69) is 0 Å². The number of hydrogen-bond donors (Lipinski definition) is 0. The van der Waals surface area contributed by atoms with E-state index in [0.29, 0.717) is 13.0 Å². The summed E-state index contributed by atoms with van der Waals surface area (Å²) in [6, 6.07) is 9.48. The molecular formula is C14H17NO4. The van der Waals surface area contributed by atoms with Crippen molar-refractivity contribution in [3.63, 3.8) is 0 Å². The lowest BCUT2D eigenvalue weighted by Gasteiger charge is -2.30. The zero-order valence-corrected chi connectivity index (χ0v) is 10.9. The predicted octanol–water partition coefficient (Wildman–Crippen LogP) is 1.61.